The lowest BCUT2D eigenvalue weighted by Gasteiger charge is -2.12. The third-order valence-corrected chi connectivity index (χ3v) is 2.73. The quantitative estimate of drug-likeness (QED) is 0.623. The van der Waals surface area contributed by atoms with Crippen LogP contribution in [0.2, 0.25) is 0 Å². The number of aryl methyl sites for hydroxylation is 1. The third-order valence-electron chi connectivity index (χ3n) is 2.73. The van der Waals surface area contributed by atoms with Gasteiger partial charge >= 0.3 is 0 Å². The van der Waals surface area contributed by atoms with E-state index in [1.807, 2.05) is 25.2 Å². The molecule has 1 rings (SSSR count). The van der Waals surface area contributed by atoms with E-state index < -0.39 is 0 Å². The number of methoxy groups -OCH3 is 1. The molecule has 0 saturated heterocycles. The van der Waals surface area contributed by atoms with Gasteiger partial charge in [-0.15, -0.1) is 0 Å². The zero-order chi connectivity index (χ0) is 13.5. The van der Waals surface area contributed by atoms with Crippen LogP contribution in [0.4, 0.5) is 5.69 Å². The fourth-order valence-electron chi connectivity index (χ4n) is 1.74. The maximum absolute atomic E-state index is 9.72. The molecule has 1 N–H and O–H groups in total. The van der Waals surface area contributed by atoms with Crippen molar-refractivity contribution in [2.75, 3.05) is 20.7 Å². The van der Waals surface area contributed by atoms with E-state index in [0.717, 1.165) is 30.6 Å². The van der Waals surface area contributed by atoms with Crippen molar-refractivity contribution < 1.29 is 9.84 Å². The molecule has 18 heavy (non-hydrogen) atoms. The molecule has 0 aliphatic heterocycles. The Balaban J connectivity index is 2.99. The third kappa shape index (κ3) is 3.65. The molecular formula is C14H22N2O2. The Kier molecular flexibility index (Phi) is 5.49. The van der Waals surface area contributed by atoms with Crippen LogP contribution in [0.5, 0.6) is 11.5 Å². The number of hydrogen-bond acceptors (Lipinski definition) is 3. The van der Waals surface area contributed by atoms with Crippen LogP contribution in [0.1, 0.15) is 25.8 Å². The van der Waals surface area contributed by atoms with Crippen molar-refractivity contribution >= 4 is 12.0 Å². The van der Waals surface area contributed by atoms with Crippen LogP contribution in [0, 0.1) is 0 Å². The summed E-state index contributed by atoms with van der Waals surface area (Å²) < 4.78 is 5.10. The second-order valence-electron chi connectivity index (χ2n) is 4.23. The predicted octanol–water partition coefficient (Wildman–Crippen LogP) is 2.96. The van der Waals surface area contributed by atoms with Gasteiger partial charge in [-0.3, -0.25) is 0 Å². The molecule has 1 aromatic carbocycles. The molecule has 0 atom stereocenters. The van der Waals surface area contributed by atoms with Crippen molar-refractivity contribution in [3.05, 3.63) is 17.7 Å². The lowest BCUT2D eigenvalue weighted by atomic mass is 10.1. The Bertz CT molecular complexity index is 417. The minimum Gasteiger partial charge on any atom is -0.504 e. The lowest BCUT2D eigenvalue weighted by molar-refractivity contribution is 0.373. The number of aromatic hydroxyl groups is 1. The number of phenolic OH excluding ortho intramolecular Hbond substituents is 1. The monoisotopic (exact) mass is 250 g/mol. The maximum Gasteiger partial charge on any atom is 0.162 e. The minimum absolute atomic E-state index is 0.162. The Morgan fingerprint density at radius 2 is 2.11 bits per heavy atom. The van der Waals surface area contributed by atoms with Gasteiger partial charge in [-0.05, 0) is 24.5 Å². The first-order chi connectivity index (χ1) is 8.62. The van der Waals surface area contributed by atoms with Gasteiger partial charge in [0.25, 0.3) is 0 Å². The number of ether oxygens (including phenoxy) is 1. The second kappa shape index (κ2) is 6.89. The Labute approximate surface area is 109 Å². The molecule has 0 fully saturated rings. The lowest BCUT2D eigenvalue weighted by Crippen LogP contribution is -2.16. The molecule has 0 unspecified atom stereocenters. The fourth-order valence-corrected chi connectivity index (χ4v) is 1.74. The van der Waals surface area contributed by atoms with Gasteiger partial charge in [0.05, 0.1) is 19.1 Å². The van der Waals surface area contributed by atoms with Crippen LogP contribution in [-0.2, 0) is 6.42 Å². The van der Waals surface area contributed by atoms with Gasteiger partial charge in [0.1, 0.15) is 0 Å². The standard InChI is InChI=1S/C14H22N2O2/c1-5-7-16(3)10-15-12-9-14(18-4)13(17)8-11(12)6-2/h8-10,17H,5-7H2,1-4H3. The molecule has 4 nitrogen and oxygen atoms in total. The first-order valence-corrected chi connectivity index (χ1v) is 6.26. The summed E-state index contributed by atoms with van der Waals surface area (Å²) in [5.41, 5.74) is 1.85. The van der Waals surface area contributed by atoms with E-state index >= 15 is 0 Å². The normalized spacial score (nSPS) is 10.9. The molecule has 0 aromatic heterocycles. The molecule has 0 aliphatic rings. The number of phenols is 1. The molecule has 0 saturated carbocycles. The largest absolute Gasteiger partial charge is 0.504 e. The average molecular weight is 250 g/mol. The van der Waals surface area contributed by atoms with E-state index in [-0.39, 0.29) is 5.75 Å². The molecular weight excluding hydrogens is 228 g/mol. The molecule has 1 aromatic rings. The van der Waals surface area contributed by atoms with Crippen molar-refractivity contribution in [2.45, 2.75) is 26.7 Å². The van der Waals surface area contributed by atoms with Crippen LogP contribution >= 0.6 is 0 Å². The summed E-state index contributed by atoms with van der Waals surface area (Å²) in [6.07, 6.45) is 3.72. The highest BCUT2D eigenvalue weighted by molar-refractivity contribution is 5.66. The van der Waals surface area contributed by atoms with Gasteiger partial charge in [0.15, 0.2) is 11.5 Å². The summed E-state index contributed by atoms with van der Waals surface area (Å²) in [7, 11) is 3.54. The average Bonchev–Trinajstić information content (AvgIpc) is 2.37. The second-order valence-corrected chi connectivity index (χ2v) is 4.23. The van der Waals surface area contributed by atoms with Crippen molar-refractivity contribution in [3.8, 4) is 11.5 Å². The maximum atomic E-state index is 9.72. The summed E-state index contributed by atoms with van der Waals surface area (Å²) in [6.45, 7) is 5.14. The molecule has 4 heteroatoms. The molecule has 0 radical (unpaired) electrons. The van der Waals surface area contributed by atoms with E-state index in [2.05, 4.69) is 11.9 Å². The molecule has 0 bridgehead atoms. The highest BCUT2D eigenvalue weighted by Crippen LogP contribution is 2.34. The van der Waals surface area contributed by atoms with Crippen LogP contribution in [0.25, 0.3) is 0 Å². The topological polar surface area (TPSA) is 45.1 Å². The zero-order valence-electron chi connectivity index (χ0n) is 11.6. The van der Waals surface area contributed by atoms with E-state index in [1.165, 1.54) is 7.11 Å². The van der Waals surface area contributed by atoms with Crippen LogP contribution in [0.3, 0.4) is 0 Å². The van der Waals surface area contributed by atoms with Crippen molar-refractivity contribution in [2.24, 2.45) is 4.99 Å². The summed E-state index contributed by atoms with van der Waals surface area (Å²) >= 11 is 0. The molecule has 0 aliphatic carbocycles. The number of nitrogens with zero attached hydrogens (tertiary/aromatic N) is 2. The van der Waals surface area contributed by atoms with Gasteiger partial charge in [0.2, 0.25) is 0 Å². The van der Waals surface area contributed by atoms with Crippen molar-refractivity contribution in [1.82, 2.24) is 4.90 Å². The van der Waals surface area contributed by atoms with Gasteiger partial charge in [-0.1, -0.05) is 13.8 Å². The van der Waals surface area contributed by atoms with Gasteiger partial charge in [-0.25, -0.2) is 4.99 Å². The SMILES string of the molecule is CCCN(C)C=Nc1cc(OC)c(O)cc1CC. The first-order valence-electron chi connectivity index (χ1n) is 6.26. The van der Waals surface area contributed by atoms with Crippen molar-refractivity contribution in [3.63, 3.8) is 0 Å². The molecule has 0 amide bonds. The molecule has 0 heterocycles. The van der Waals surface area contributed by atoms with E-state index in [4.69, 9.17) is 4.74 Å². The minimum atomic E-state index is 0.162. The highest BCUT2D eigenvalue weighted by Gasteiger charge is 2.07. The molecule has 100 valence electrons. The highest BCUT2D eigenvalue weighted by atomic mass is 16.5. The van der Waals surface area contributed by atoms with Gasteiger partial charge in [0, 0.05) is 19.7 Å². The number of benzene rings is 1. The van der Waals surface area contributed by atoms with E-state index in [1.54, 1.807) is 12.1 Å². The zero-order valence-corrected chi connectivity index (χ0v) is 11.6. The van der Waals surface area contributed by atoms with Gasteiger partial charge < -0.3 is 14.7 Å². The van der Waals surface area contributed by atoms with Crippen LogP contribution < -0.4 is 4.74 Å². The number of rotatable bonds is 6. The Hall–Kier alpha value is -1.71. The van der Waals surface area contributed by atoms with Crippen molar-refractivity contribution in [1.29, 1.82) is 0 Å². The summed E-state index contributed by atoms with van der Waals surface area (Å²) in [6, 6.07) is 3.48. The number of hydrogen-bond donors (Lipinski definition) is 1. The van der Waals surface area contributed by atoms with Crippen LogP contribution in [0.15, 0.2) is 17.1 Å². The summed E-state index contributed by atoms with van der Waals surface area (Å²) in [4.78, 5) is 6.50. The first kappa shape index (κ1) is 14.4. The smallest absolute Gasteiger partial charge is 0.162 e. The fraction of sp³-hybridized carbons (Fsp3) is 0.500. The summed E-state index contributed by atoms with van der Waals surface area (Å²) in [5.74, 6) is 0.618. The number of aliphatic imine (C=N–C) groups is 1. The van der Waals surface area contributed by atoms with Crippen LogP contribution in [-0.4, -0.2) is 37.0 Å². The van der Waals surface area contributed by atoms with E-state index in [9.17, 15) is 5.11 Å². The Morgan fingerprint density at radius 3 is 2.67 bits per heavy atom. The Morgan fingerprint density at radius 1 is 1.39 bits per heavy atom. The van der Waals surface area contributed by atoms with Gasteiger partial charge in [-0.2, -0.15) is 0 Å². The predicted molar refractivity (Wildman–Crippen MR) is 75.1 cm³/mol. The molecule has 0 spiro atoms. The van der Waals surface area contributed by atoms with E-state index in [0.29, 0.717) is 5.75 Å². The summed E-state index contributed by atoms with van der Waals surface area (Å²) in [5, 5.41) is 9.72.